The molecule has 0 radical (unpaired) electrons. The van der Waals surface area contributed by atoms with Gasteiger partial charge >= 0.3 is 0 Å². The van der Waals surface area contributed by atoms with E-state index < -0.39 is 0 Å². The molecule has 0 bridgehead atoms. The summed E-state index contributed by atoms with van der Waals surface area (Å²) in [5.74, 6) is 2.83. The van der Waals surface area contributed by atoms with Crippen LogP contribution in [0.25, 0.3) is 17.0 Å². The molecule has 7 heteroatoms. The summed E-state index contributed by atoms with van der Waals surface area (Å²) in [4.78, 5) is 0. The number of rotatable bonds is 6. The van der Waals surface area contributed by atoms with Crippen LogP contribution in [-0.4, -0.2) is 34.0 Å². The Balaban J connectivity index is 1.65. The Morgan fingerprint density at radius 1 is 0.897 bits per heavy atom. The molecular weight excluding hydrogens is 384 g/mol. The third-order valence-electron chi connectivity index (χ3n) is 4.76. The minimum Gasteiger partial charge on any atom is -0.493 e. The summed E-state index contributed by atoms with van der Waals surface area (Å²) in [6.45, 7) is 4.26. The predicted molar refractivity (Wildman–Crippen MR) is 115 cm³/mol. The van der Waals surface area contributed by atoms with E-state index in [0.717, 1.165) is 16.3 Å². The Morgan fingerprint density at radius 3 is 2.52 bits per heavy atom. The highest BCUT2D eigenvalue weighted by molar-refractivity contribution is 7.98. The van der Waals surface area contributed by atoms with Crippen LogP contribution >= 0.6 is 11.8 Å². The highest BCUT2D eigenvalue weighted by Gasteiger charge is 2.13. The molecular formula is C22H22N4O2S. The van der Waals surface area contributed by atoms with Crippen LogP contribution in [0.2, 0.25) is 0 Å². The average Bonchev–Trinajstić information content (AvgIpc) is 3.17. The van der Waals surface area contributed by atoms with Gasteiger partial charge in [-0.1, -0.05) is 35.5 Å². The van der Waals surface area contributed by atoms with Gasteiger partial charge in [-0.25, -0.2) is 0 Å². The number of hydrogen-bond acceptors (Lipinski definition) is 6. The number of aromatic nitrogens is 4. The Morgan fingerprint density at radius 2 is 1.72 bits per heavy atom. The molecule has 0 N–H and O–H groups in total. The summed E-state index contributed by atoms with van der Waals surface area (Å²) in [5, 5.41) is 14.2. The first-order valence-corrected chi connectivity index (χ1v) is 10.2. The third kappa shape index (κ3) is 3.91. The molecule has 4 rings (SSSR count). The smallest absolute Gasteiger partial charge is 0.185 e. The van der Waals surface area contributed by atoms with Gasteiger partial charge in [0.25, 0.3) is 0 Å². The maximum atomic E-state index is 5.41. The molecule has 148 valence electrons. The van der Waals surface area contributed by atoms with Gasteiger partial charge in [0.05, 0.1) is 14.2 Å². The molecule has 0 spiro atoms. The number of ether oxygens (including phenoxy) is 2. The molecule has 0 aliphatic rings. The zero-order valence-electron chi connectivity index (χ0n) is 16.8. The van der Waals surface area contributed by atoms with E-state index in [0.29, 0.717) is 23.0 Å². The maximum Gasteiger partial charge on any atom is 0.185 e. The molecule has 0 unspecified atom stereocenters. The summed E-state index contributed by atoms with van der Waals surface area (Å²) in [6, 6.07) is 16.1. The summed E-state index contributed by atoms with van der Waals surface area (Å²) in [5.41, 5.74) is 5.44. The van der Waals surface area contributed by atoms with Gasteiger partial charge in [0.1, 0.15) is 5.03 Å². The fourth-order valence-electron chi connectivity index (χ4n) is 3.11. The molecule has 0 saturated heterocycles. The average molecular weight is 407 g/mol. The van der Waals surface area contributed by atoms with E-state index in [1.165, 1.54) is 16.7 Å². The predicted octanol–water partition coefficient (Wildman–Crippen LogP) is 4.72. The van der Waals surface area contributed by atoms with Gasteiger partial charge in [0, 0.05) is 11.3 Å². The lowest BCUT2D eigenvalue weighted by Crippen LogP contribution is -1.98. The van der Waals surface area contributed by atoms with Crippen LogP contribution in [0.1, 0.15) is 16.7 Å². The Kier molecular flexibility index (Phi) is 5.40. The van der Waals surface area contributed by atoms with Crippen LogP contribution in [0.3, 0.4) is 0 Å². The Hall–Kier alpha value is -3.06. The third-order valence-corrected chi connectivity index (χ3v) is 5.73. The maximum absolute atomic E-state index is 5.41. The lowest BCUT2D eigenvalue weighted by molar-refractivity contribution is 0.355. The standard InChI is InChI=1S/C22H22N4O2S/c1-14-5-6-15(2)17(11-14)13-29-21-10-9-20-23-24-22(26(20)25-21)16-7-8-18(27-3)19(12-16)28-4/h5-12H,13H2,1-4H3. The number of methoxy groups -OCH3 is 2. The minimum absolute atomic E-state index is 0.641. The van der Waals surface area contributed by atoms with Crippen LogP contribution in [0.5, 0.6) is 11.5 Å². The molecule has 0 aliphatic carbocycles. The SMILES string of the molecule is COc1ccc(-c2nnc3ccc(SCc4cc(C)ccc4C)nn23)cc1OC. The lowest BCUT2D eigenvalue weighted by atomic mass is 10.1. The topological polar surface area (TPSA) is 61.5 Å². The van der Waals surface area contributed by atoms with Crippen LogP contribution < -0.4 is 9.47 Å². The summed E-state index contributed by atoms with van der Waals surface area (Å²) in [6.07, 6.45) is 0. The zero-order chi connectivity index (χ0) is 20.4. The van der Waals surface area contributed by atoms with Crippen molar-refractivity contribution in [2.75, 3.05) is 14.2 Å². The first-order valence-electron chi connectivity index (χ1n) is 9.23. The van der Waals surface area contributed by atoms with Gasteiger partial charge in [-0.15, -0.1) is 10.2 Å². The summed E-state index contributed by atoms with van der Waals surface area (Å²) in [7, 11) is 3.23. The van der Waals surface area contributed by atoms with Crippen LogP contribution in [0.4, 0.5) is 0 Å². The molecule has 2 aromatic carbocycles. The zero-order valence-corrected chi connectivity index (χ0v) is 17.7. The van der Waals surface area contributed by atoms with Crippen molar-refractivity contribution in [3.05, 3.63) is 65.2 Å². The highest BCUT2D eigenvalue weighted by atomic mass is 32.2. The monoisotopic (exact) mass is 406 g/mol. The van der Waals surface area contributed by atoms with E-state index in [-0.39, 0.29) is 0 Å². The van der Waals surface area contributed by atoms with Gasteiger partial charge in [0.15, 0.2) is 23.0 Å². The minimum atomic E-state index is 0.641. The van der Waals surface area contributed by atoms with Crippen molar-refractivity contribution in [2.45, 2.75) is 24.6 Å². The molecule has 2 aromatic heterocycles. The number of benzene rings is 2. The largest absolute Gasteiger partial charge is 0.493 e. The molecule has 0 atom stereocenters. The fraction of sp³-hybridized carbons (Fsp3) is 0.227. The van der Waals surface area contributed by atoms with Crippen LogP contribution in [0.15, 0.2) is 53.6 Å². The normalized spacial score (nSPS) is 11.0. The van der Waals surface area contributed by atoms with E-state index >= 15 is 0 Å². The van der Waals surface area contributed by atoms with Crippen LogP contribution in [0, 0.1) is 13.8 Å². The molecule has 0 fully saturated rings. The van der Waals surface area contributed by atoms with Crippen molar-refractivity contribution in [3.8, 4) is 22.9 Å². The molecule has 4 aromatic rings. The Labute approximate surface area is 173 Å². The van der Waals surface area contributed by atoms with Crippen molar-refractivity contribution in [1.82, 2.24) is 19.8 Å². The van der Waals surface area contributed by atoms with Gasteiger partial charge in [-0.05, 0) is 55.3 Å². The highest BCUT2D eigenvalue weighted by Crippen LogP contribution is 2.32. The van der Waals surface area contributed by atoms with Gasteiger partial charge in [0.2, 0.25) is 0 Å². The quantitative estimate of drug-likeness (QED) is 0.432. The molecule has 0 aliphatic heterocycles. The molecule has 29 heavy (non-hydrogen) atoms. The molecule has 0 amide bonds. The number of nitrogens with zero attached hydrogens (tertiary/aromatic N) is 4. The second-order valence-electron chi connectivity index (χ2n) is 6.75. The molecule has 6 nitrogen and oxygen atoms in total. The molecule has 0 saturated carbocycles. The van der Waals surface area contributed by atoms with Crippen molar-refractivity contribution in [2.24, 2.45) is 0 Å². The van der Waals surface area contributed by atoms with Gasteiger partial charge in [-0.3, -0.25) is 0 Å². The first-order chi connectivity index (χ1) is 14.1. The number of thioether (sulfide) groups is 1. The van der Waals surface area contributed by atoms with Gasteiger partial charge < -0.3 is 9.47 Å². The first kappa shape index (κ1) is 19.3. The van der Waals surface area contributed by atoms with Crippen molar-refractivity contribution >= 4 is 17.4 Å². The molecule has 2 heterocycles. The Bertz CT molecular complexity index is 1170. The number of fused-ring (bicyclic) bond motifs is 1. The van der Waals surface area contributed by atoms with E-state index in [9.17, 15) is 0 Å². The van der Waals surface area contributed by atoms with Crippen molar-refractivity contribution in [1.29, 1.82) is 0 Å². The summed E-state index contributed by atoms with van der Waals surface area (Å²) >= 11 is 1.70. The second-order valence-corrected chi connectivity index (χ2v) is 7.75. The van der Waals surface area contributed by atoms with E-state index in [1.54, 1.807) is 30.5 Å². The fourth-order valence-corrected chi connectivity index (χ4v) is 4.03. The van der Waals surface area contributed by atoms with Crippen molar-refractivity contribution in [3.63, 3.8) is 0 Å². The van der Waals surface area contributed by atoms with Crippen molar-refractivity contribution < 1.29 is 9.47 Å². The number of hydrogen-bond donors (Lipinski definition) is 0. The van der Waals surface area contributed by atoms with Crippen LogP contribution in [-0.2, 0) is 5.75 Å². The number of aryl methyl sites for hydroxylation is 2. The second kappa shape index (κ2) is 8.13. The lowest BCUT2D eigenvalue weighted by Gasteiger charge is -2.09. The van der Waals surface area contributed by atoms with E-state index in [2.05, 4.69) is 42.2 Å². The van der Waals surface area contributed by atoms with E-state index in [1.807, 2.05) is 30.3 Å². The van der Waals surface area contributed by atoms with Gasteiger partial charge in [-0.2, -0.15) is 9.61 Å². The summed E-state index contributed by atoms with van der Waals surface area (Å²) < 4.78 is 12.5. The van der Waals surface area contributed by atoms with E-state index in [4.69, 9.17) is 14.6 Å².